The monoisotopic (exact) mass is 352 g/mol. The lowest BCUT2D eigenvalue weighted by molar-refractivity contribution is 0.0711. The van der Waals surface area contributed by atoms with Crippen LogP contribution in [0, 0.1) is 11.3 Å². The maximum atomic E-state index is 13.1. The van der Waals surface area contributed by atoms with Gasteiger partial charge in [-0.1, -0.05) is 36.4 Å². The predicted octanol–water partition coefficient (Wildman–Crippen LogP) is 3.94. The molecule has 0 aliphatic carbocycles. The second kappa shape index (κ2) is 7.22. The Kier molecular flexibility index (Phi) is 4.46. The highest BCUT2D eigenvalue weighted by atomic mass is 16.2. The molecule has 1 aromatic heterocycles. The van der Waals surface area contributed by atoms with Gasteiger partial charge < -0.3 is 0 Å². The van der Waals surface area contributed by atoms with E-state index in [1.807, 2.05) is 42.5 Å². The maximum Gasteiger partial charge on any atom is 0.274 e. The smallest absolute Gasteiger partial charge is 0.267 e. The van der Waals surface area contributed by atoms with Gasteiger partial charge in [0.2, 0.25) is 0 Å². The standard InChI is InChI=1S/C22H16N4O/c23-14-16-8-10-17(11-9-16)20-13-21(19-7-4-12-24-15-19)26(25-20)22(27)18-5-2-1-3-6-18/h1-12,15,21H,13H2. The fourth-order valence-corrected chi connectivity index (χ4v) is 3.15. The number of hydrazone groups is 1. The Labute approximate surface area is 157 Å². The number of hydrogen-bond donors (Lipinski definition) is 0. The van der Waals surface area contributed by atoms with Gasteiger partial charge in [-0.25, -0.2) is 5.01 Å². The van der Waals surface area contributed by atoms with E-state index >= 15 is 0 Å². The highest BCUT2D eigenvalue weighted by Crippen LogP contribution is 2.33. The van der Waals surface area contributed by atoms with Crippen LogP contribution in [-0.2, 0) is 0 Å². The van der Waals surface area contributed by atoms with Crippen molar-refractivity contribution in [2.24, 2.45) is 5.10 Å². The van der Waals surface area contributed by atoms with E-state index in [0.717, 1.165) is 16.8 Å². The van der Waals surface area contributed by atoms with Crippen LogP contribution in [0.25, 0.3) is 0 Å². The van der Waals surface area contributed by atoms with E-state index in [1.54, 1.807) is 41.7 Å². The highest BCUT2D eigenvalue weighted by Gasteiger charge is 2.33. The fourth-order valence-electron chi connectivity index (χ4n) is 3.15. The van der Waals surface area contributed by atoms with Crippen LogP contribution >= 0.6 is 0 Å². The first kappa shape index (κ1) is 16.7. The molecule has 0 spiro atoms. The van der Waals surface area contributed by atoms with Crippen LogP contribution in [0.1, 0.15) is 39.5 Å². The molecule has 1 aliphatic rings. The van der Waals surface area contributed by atoms with Crippen molar-refractivity contribution in [3.05, 3.63) is 101 Å². The number of rotatable bonds is 3. The Morgan fingerprint density at radius 3 is 2.48 bits per heavy atom. The molecular weight excluding hydrogens is 336 g/mol. The number of nitriles is 1. The molecule has 3 aromatic rings. The number of carbonyl (C=O) groups excluding carboxylic acids is 1. The maximum absolute atomic E-state index is 13.1. The van der Waals surface area contributed by atoms with Crippen molar-refractivity contribution in [1.29, 1.82) is 5.26 Å². The van der Waals surface area contributed by atoms with Gasteiger partial charge in [0.1, 0.15) is 0 Å². The molecule has 0 saturated heterocycles. The van der Waals surface area contributed by atoms with Gasteiger partial charge in [-0.3, -0.25) is 9.78 Å². The van der Waals surface area contributed by atoms with Crippen LogP contribution in [0.5, 0.6) is 0 Å². The number of hydrogen-bond acceptors (Lipinski definition) is 4. The average Bonchev–Trinajstić information content (AvgIpc) is 3.20. The molecule has 5 nitrogen and oxygen atoms in total. The summed E-state index contributed by atoms with van der Waals surface area (Å²) >= 11 is 0. The van der Waals surface area contributed by atoms with Crippen molar-refractivity contribution >= 4 is 11.6 Å². The van der Waals surface area contributed by atoms with Crippen LogP contribution < -0.4 is 0 Å². The Morgan fingerprint density at radius 2 is 1.81 bits per heavy atom. The van der Waals surface area contributed by atoms with E-state index in [-0.39, 0.29) is 11.9 Å². The summed E-state index contributed by atoms with van der Waals surface area (Å²) in [5.41, 5.74) is 3.85. The fraction of sp³-hybridized carbons (Fsp3) is 0.0909. The lowest BCUT2D eigenvalue weighted by Crippen LogP contribution is -2.27. The number of aromatic nitrogens is 1. The van der Waals surface area contributed by atoms with Crippen LogP contribution in [0.15, 0.2) is 84.2 Å². The number of pyridine rings is 1. The van der Waals surface area contributed by atoms with Gasteiger partial charge in [-0.2, -0.15) is 10.4 Å². The second-order valence-electron chi connectivity index (χ2n) is 6.26. The Bertz CT molecular complexity index is 1020. The minimum absolute atomic E-state index is 0.145. The van der Waals surface area contributed by atoms with E-state index in [0.29, 0.717) is 17.5 Å². The van der Waals surface area contributed by atoms with Crippen molar-refractivity contribution < 1.29 is 4.79 Å². The molecule has 0 N–H and O–H groups in total. The molecule has 4 rings (SSSR count). The van der Waals surface area contributed by atoms with E-state index in [2.05, 4.69) is 16.2 Å². The van der Waals surface area contributed by atoms with Crippen LogP contribution in [0.2, 0.25) is 0 Å². The molecule has 5 heteroatoms. The minimum atomic E-state index is -0.211. The summed E-state index contributed by atoms with van der Waals surface area (Å²) in [5.74, 6) is -0.145. The molecule has 0 fully saturated rings. The number of benzene rings is 2. The summed E-state index contributed by atoms with van der Waals surface area (Å²) < 4.78 is 0. The third kappa shape index (κ3) is 3.33. The first-order valence-electron chi connectivity index (χ1n) is 8.63. The number of nitrogens with zero attached hydrogens (tertiary/aromatic N) is 4. The summed E-state index contributed by atoms with van der Waals surface area (Å²) in [4.78, 5) is 17.3. The molecule has 1 atom stereocenters. The molecule has 1 aliphatic heterocycles. The highest BCUT2D eigenvalue weighted by molar-refractivity contribution is 6.05. The second-order valence-corrected chi connectivity index (χ2v) is 6.26. The first-order valence-corrected chi connectivity index (χ1v) is 8.63. The number of carbonyl (C=O) groups is 1. The van der Waals surface area contributed by atoms with Crippen molar-refractivity contribution in [2.45, 2.75) is 12.5 Å². The van der Waals surface area contributed by atoms with Gasteiger partial charge in [0.25, 0.3) is 5.91 Å². The average molecular weight is 352 g/mol. The van der Waals surface area contributed by atoms with Crippen molar-refractivity contribution in [2.75, 3.05) is 0 Å². The molecule has 0 radical (unpaired) electrons. The first-order chi connectivity index (χ1) is 13.3. The predicted molar refractivity (Wildman–Crippen MR) is 102 cm³/mol. The molecule has 0 bridgehead atoms. The van der Waals surface area contributed by atoms with Crippen molar-refractivity contribution in [1.82, 2.24) is 9.99 Å². The molecule has 1 amide bonds. The van der Waals surface area contributed by atoms with Crippen molar-refractivity contribution in [3.8, 4) is 6.07 Å². The summed E-state index contributed by atoms with van der Waals surface area (Å²) in [7, 11) is 0. The topological polar surface area (TPSA) is 69.3 Å². The summed E-state index contributed by atoms with van der Waals surface area (Å²) in [5, 5.41) is 15.2. The van der Waals surface area contributed by atoms with Gasteiger partial charge in [0, 0.05) is 24.4 Å². The van der Waals surface area contributed by atoms with Crippen LogP contribution in [0.4, 0.5) is 0 Å². The SMILES string of the molecule is N#Cc1ccc(C2=NN(C(=O)c3ccccc3)C(c3cccnc3)C2)cc1. The zero-order valence-electron chi connectivity index (χ0n) is 14.5. The van der Waals surface area contributed by atoms with Gasteiger partial charge >= 0.3 is 0 Å². The Morgan fingerprint density at radius 1 is 1.04 bits per heavy atom. The van der Waals surface area contributed by atoms with E-state index < -0.39 is 0 Å². The largest absolute Gasteiger partial charge is 0.274 e. The third-order valence-electron chi connectivity index (χ3n) is 4.56. The van der Waals surface area contributed by atoms with Crippen LogP contribution in [-0.4, -0.2) is 21.6 Å². The van der Waals surface area contributed by atoms with E-state index in [9.17, 15) is 4.79 Å². The lowest BCUT2D eigenvalue weighted by atomic mass is 9.98. The van der Waals surface area contributed by atoms with Gasteiger partial charge in [-0.15, -0.1) is 0 Å². The zero-order chi connectivity index (χ0) is 18.6. The number of amides is 1. The van der Waals surface area contributed by atoms with Gasteiger partial charge in [0.05, 0.1) is 23.4 Å². The van der Waals surface area contributed by atoms with Crippen LogP contribution in [0.3, 0.4) is 0 Å². The molecule has 27 heavy (non-hydrogen) atoms. The van der Waals surface area contributed by atoms with Crippen molar-refractivity contribution in [3.63, 3.8) is 0 Å². The molecule has 0 saturated carbocycles. The third-order valence-corrected chi connectivity index (χ3v) is 4.56. The molecular formula is C22H16N4O. The zero-order valence-corrected chi connectivity index (χ0v) is 14.5. The lowest BCUT2D eigenvalue weighted by Gasteiger charge is -2.21. The molecule has 130 valence electrons. The van der Waals surface area contributed by atoms with Gasteiger partial charge in [0.15, 0.2) is 0 Å². The van der Waals surface area contributed by atoms with E-state index in [4.69, 9.17) is 5.26 Å². The molecule has 2 aromatic carbocycles. The summed E-state index contributed by atoms with van der Waals surface area (Å²) in [6.45, 7) is 0. The normalized spacial score (nSPS) is 15.9. The Hall–Kier alpha value is -3.78. The quantitative estimate of drug-likeness (QED) is 0.717. The molecule has 1 unspecified atom stereocenters. The molecule has 2 heterocycles. The summed E-state index contributed by atoms with van der Waals surface area (Å²) in [6.07, 6.45) is 4.08. The Balaban J connectivity index is 1.72. The van der Waals surface area contributed by atoms with Gasteiger partial charge in [-0.05, 0) is 41.5 Å². The summed E-state index contributed by atoms with van der Waals surface area (Å²) in [6, 6.07) is 22.1. The minimum Gasteiger partial charge on any atom is -0.267 e. The van der Waals surface area contributed by atoms with E-state index in [1.165, 1.54) is 0 Å².